The maximum atomic E-state index is 14.1. The first-order chi connectivity index (χ1) is 36.9. The normalized spacial score (nSPS) is 12.7. The molecule has 0 aliphatic heterocycles. The van der Waals surface area contributed by atoms with E-state index in [1.165, 1.54) is 86.3 Å². The molecular weight excluding hydrogens is 1030 g/mol. The molecule has 0 bridgehead atoms. The zero-order valence-electron chi connectivity index (χ0n) is 48.8. The van der Waals surface area contributed by atoms with Crippen LogP contribution in [0.25, 0.3) is 98.6 Å². The number of H-pyrrole nitrogens is 1. The van der Waals surface area contributed by atoms with E-state index in [2.05, 4.69) is 225 Å². The second-order valence-corrected chi connectivity index (χ2v) is 27.6. The van der Waals surface area contributed by atoms with Crippen LogP contribution in [0, 0.1) is 6.92 Å². The van der Waals surface area contributed by atoms with Crippen molar-refractivity contribution in [2.45, 2.75) is 117 Å². The van der Waals surface area contributed by atoms with Crippen molar-refractivity contribution < 1.29 is 65.3 Å². The molecule has 9 heteroatoms. The Labute approximate surface area is 513 Å². The first kappa shape index (κ1) is 57.0. The quantitative estimate of drug-likeness (QED) is 0.178. The molecule has 0 radical (unpaired) electrons. The molecule has 0 saturated carbocycles. The van der Waals surface area contributed by atoms with Crippen molar-refractivity contribution in [3.05, 3.63) is 210 Å². The Balaban J connectivity index is 0.000000181. The molecule has 4 heterocycles. The first-order valence-electron chi connectivity index (χ1n) is 27.4. The maximum Gasteiger partial charge on any atom is 1.00 e. The van der Waals surface area contributed by atoms with Crippen LogP contribution in [0.1, 0.15) is 111 Å². The van der Waals surface area contributed by atoms with E-state index in [4.69, 9.17) is 0 Å². The fourth-order valence-corrected chi connectivity index (χ4v) is 13.1. The van der Waals surface area contributed by atoms with Gasteiger partial charge in [-0.3, -0.25) is 0 Å². The minimum absolute atomic E-state index is 0. The van der Waals surface area contributed by atoms with Crippen molar-refractivity contribution >= 4 is 97.2 Å². The third-order valence-electron chi connectivity index (χ3n) is 16.2. The summed E-state index contributed by atoms with van der Waals surface area (Å²) in [4.78, 5) is 3.84. The Bertz CT molecular complexity index is 4530. The summed E-state index contributed by atoms with van der Waals surface area (Å²) in [6.07, 6.45) is 0. The summed E-state index contributed by atoms with van der Waals surface area (Å²) in [6.45, 7) is 29.2. The number of hydrogen-bond acceptors (Lipinski definition) is 3. The van der Waals surface area contributed by atoms with Crippen LogP contribution in [0.4, 0.5) is 0 Å². The predicted molar refractivity (Wildman–Crippen MR) is 334 cm³/mol. The van der Waals surface area contributed by atoms with E-state index in [0.717, 1.165) is 33.1 Å². The molecule has 4 aromatic heterocycles. The molecule has 0 aliphatic carbocycles. The second-order valence-electron chi connectivity index (χ2n) is 25.8. The molecule has 9 aromatic carbocycles. The zero-order chi connectivity index (χ0) is 55.0. The number of aryl methyl sites for hydroxylation is 1. The summed E-state index contributed by atoms with van der Waals surface area (Å²) in [5.41, 5.74) is 17.3. The Hall–Kier alpha value is -6.27. The van der Waals surface area contributed by atoms with Crippen molar-refractivity contribution in [3.8, 4) is 11.4 Å². The summed E-state index contributed by atoms with van der Waals surface area (Å²) in [6, 6.07) is 64.0. The molecule has 0 saturated heterocycles. The van der Waals surface area contributed by atoms with Crippen LogP contribution in [0.5, 0.6) is 0 Å². The average Bonchev–Trinajstić information content (AvgIpc) is 4.19. The fourth-order valence-electron chi connectivity index (χ4n) is 11.6. The predicted octanol–water partition coefficient (Wildman–Crippen LogP) is 15.9. The summed E-state index contributed by atoms with van der Waals surface area (Å²) >= 11 is 0. The number of para-hydroxylation sites is 2. The number of aromatic amines is 1. The topological polar surface area (TPSA) is 94.7 Å². The smallest absolute Gasteiger partial charge is 0.870 e. The molecular formula is C71H71KN4O3S. The van der Waals surface area contributed by atoms with E-state index in [9.17, 15) is 8.42 Å². The molecule has 13 aromatic rings. The largest absolute Gasteiger partial charge is 1.00 e. The van der Waals surface area contributed by atoms with Gasteiger partial charge in [0.25, 0.3) is 10.0 Å². The van der Waals surface area contributed by atoms with Crippen LogP contribution in [0.3, 0.4) is 0 Å². The third-order valence-corrected chi connectivity index (χ3v) is 17.9. The number of nitrogens with zero attached hydrogens (tertiary/aromatic N) is 3. The van der Waals surface area contributed by atoms with Gasteiger partial charge in [0, 0.05) is 65.5 Å². The molecule has 2 N–H and O–H groups in total. The molecule has 13 rings (SSSR count). The van der Waals surface area contributed by atoms with Gasteiger partial charge in [-0.25, -0.2) is 12.4 Å². The Morgan fingerprint density at radius 1 is 0.350 bits per heavy atom. The molecule has 0 fully saturated rings. The molecule has 7 nitrogen and oxygen atoms in total. The molecule has 0 unspecified atom stereocenters. The van der Waals surface area contributed by atoms with Crippen molar-refractivity contribution in [1.82, 2.24) is 18.1 Å². The summed E-state index contributed by atoms with van der Waals surface area (Å²) < 4.78 is 34.4. The Morgan fingerprint density at radius 3 is 1.15 bits per heavy atom. The maximum absolute atomic E-state index is 14.1. The third kappa shape index (κ3) is 9.76. The van der Waals surface area contributed by atoms with E-state index in [1.54, 1.807) is 12.1 Å². The van der Waals surface area contributed by atoms with E-state index in [1.807, 2.05) is 49.4 Å². The standard InChI is InChI=1S/C39H38N2O2S.C32H32N2.K.H2O/c1-25-12-17-29(18-13-25)44(42,43)41-36-11-9-8-10-30(36)33-24-28(16-21-37(33)41)40-34-19-14-26(38(2,3)4)22-31(34)32-23-27(39(5,6)7)15-20-35(32)40;1-31(2,3)20-11-15-29-25(17-20)26-18-21(32(4,5)6)12-16-30(26)34(29)22-13-14-28-24(19-22)23-9-7-8-10-27(23)33-28;;/h8-24H,1-7H3;7-19,33H,1-6H3;;1H2/q;;+1;/p-1. The van der Waals surface area contributed by atoms with E-state index in [0.29, 0.717) is 11.0 Å². The Morgan fingerprint density at radius 2 is 0.700 bits per heavy atom. The van der Waals surface area contributed by atoms with Gasteiger partial charge in [-0.05, 0) is 160 Å². The van der Waals surface area contributed by atoms with Crippen LogP contribution in [-0.2, 0) is 31.7 Å². The number of rotatable bonds is 4. The molecule has 80 heavy (non-hydrogen) atoms. The molecule has 0 spiro atoms. The van der Waals surface area contributed by atoms with Crippen molar-refractivity contribution in [2.24, 2.45) is 0 Å². The SMILES string of the molecule is CC(C)(C)c1ccc2c(c1)c1cc(C(C)(C)C)ccc1n2-c1ccc2[nH]c3ccccc3c2c1.Cc1ccc(S(=O)(=O)n2c3ccccc3c3cc(-n4c5ccc(C(C)(C)C)cc5c5cc(C(C)(C)C)ccc54)ccc32)cc1.[K+].[OH-]. The zero-order valence-corrected chi connectivity index (χ0v) is 52.8. The van der Waals surface area contributed by atoms with Gasteiger partial charge in [-0.2, -0.15) is 0 Å². The Kier molecular flexibility index (Phi) is 14.5. The number of aromatic nitrogens is 4. The average molecular weight is 1100 g/mol. The van der Waals surface area contributed by atoms with Gasteiger partial charge in [0.05, 0.1) is 38.0 Å². The van der Waals surface area contributed by atoms with Crippen LogP contribution in [0.15, 0.2) is 187 Å². The minimum Gasteiger partial charge on any atom is -0.870 e. The summed E-state index contributed by atoms with van der Waals surface area (Å²) in [7, 11) is -3.83. The second kappa shape index (κ2) is 20.3. The number of nitrogens with one attached hydrogen (secondary N) is 1. The molecule has 0 amide bonds. The van der Waals surface area contributed by atoms with E-state index < -0.39 is 10.0 Å². The summed E-state index contributed by atoms with van der Waals surface area (Å²) in [5.74, 6) is 0. The van der Waals surface area contributed by atoms with Gasteiger partial charge in [0.1, 0.15) is 0 Å². The van der Waals surface area contributed by atoms with Crippen molar-refractivity contribution in [3.63, 3.8) is 0 Å². The number of fused-ring (bicyclic) bond motifs is 12. The number of hydrogen-bond donors (Lipinski definition) is 1. The van der Waals surface area contributed by atoms with Gasteiger partial charge in [-0.15, -0.1) is 0 Å². The van der Waals surface area contributed by atoms with Crippen LogP contribution in [0.2, 0.25) is 0 Å². The monoisotopic (exact) mass is 1100 g/mol. The van der Waals surface area contributed by atoms with Crippen LogP contribution in [-0.4, -0.2) is 32.0 Å². The van der Waals surface area contributed by atoms with Crippen LogP contribution < -0.4 is 51.4 Å². The fraction of sp³-hybridized carbons (Fsp3) is 0.239. The first-order valence-corrected chi connectivity index (χ1v) is 28.9. The molecule has 0 atom stereocenters. The van der Waals surface area contributed by atoms with Crippen molar-refractivity contribution in [2.75, 3.05) is 0 Å². The van der Waals surface area contributed by atoms with E-state index in [-0.39, 0.29) is 83.4 Å². The van der Waals surface area contributed by atoms with Gasteiger partial charge >= 0.3 is 51.4 Å². The van der Waals surface area contributed by atoms with Crippen LogP contribution >= 0.6 is 0 Å². The van der Waals surface area contributed by atoms with Gasteiger partial charge in [0.15, 0.2) is 0 Å². The number of benzene rings is 9. The molecule has 400 valence electrons. The van der Waals surface area contributed by atoms with Crippen molar-refractivity contribution in [1.29, 1.82) is 0 Å². The van der Waals surface area contributed by atoms with Gasteiger partial charge in [-0.1, -0.05) is 161 Å². The van der Waals surface area contributed by atoms with E-state index >= 15 is 0 Å². The minimum atomic E-state index is -3.83. The van der Waals surface area contributed by atoms with Gasteiger partial charge < -0.3 is 19.6 Å². The van der Waals surface area contributed by atoms with Gasteiger partial charge in [0.2, 0.25) is 0 Å². The summed E-state index contributed by atoms with van der Waals surface area (Å²) in [5, 5.41) is 9.45. The molecule has 0 aliphatic rings.